The first-order valence-electron chi connectivity index (χ1n) is 7.60. The van der Waals surface area contributed by atoms with Gasteiger partial charge in [0.2, 0.25) is 11.7 Å². The lowest BCUT2D eigenvalue weighted by Gasteiger charge is -2.10. The predicted octanol–water partition coefficient (Wildman–Crippen LogP) is 3.52. The van der Waals surface area contributed by atoms with Crippen molar-refractivity contribution in [3.63, 3.8) is 0 Å². The monoisotopic (exact) mass is 375 g/mol. The molecule has 0 spiro atoms. The summed E-state index contributed by atoms with van der Waals surface area (Å²) < 4.78 is 0. The number of hydrogen-bond acceptors (Lipinski definition) is 4. The number of rotatable bonds is 5. The molecular weight excluding hydrogens is 361 g/mol. The zero-order chi connectivity index (χ0) is 17.8. The van der Waals surface area contributed by atoms with E-state index >= 15 is 0 Å². The van der Waals surface area contributed by atoms with Gasteiger partial charge in [0.15, 0.2) is 0 Å². The highest BCUT2D eigenvalue weighted by molar-refractivity contribution is 6.30. The zero-order valence-electron chi connectivity index (χ0n) is 13.4. The summed E-state index contributed by atoms with van der Waals surface area (Å²) in [7, 11) is 0. The summed E-state index contributed by atoms with van der Waals surface area (Å²) in [4.78, 5) is 13.6. The van der Waals surface area contributed by atoms with Gasteiger partial charge >= 0.3 is 0 Å². The second-order valence-corrected chi connectivity index (χ2v) is 6.33. The number of hydrogen-bond donors (Lipinski definition) is 1. The van der Waals surface area contributed by atoms with Crippen molar-refractivity contribution >= 4 is 29.1 Å². The first-order valence-corrected chi connectivity index (χ1v) is 8.36. The van der Waals surface area contributed by atoms with Gasteiger partial charge in [0.1, 0.15) is 6.04 Å². The third kappa shape index (κ3) is 4.35. The molecule has 3 rings (SSSR count). The van der Waals surface area contributed by atoms with Crippen LogP contribution in [-0.4, -0.2) is 26.1 Å². The van der Waals surface area contributed by atoms with E-state index in [1.54, 1.807) is 43.3 Å². The second kappa shape index (κ2) is 7.63. The molecule has 0 aliphatic heterocycles. The normalized spacial score (nSPS) is 12.0. The van der Waals surface area contributed by atoms with E-state index in [2.05, 4.69) is 20.7 Å². The number of nitrogens with one attached hydrogen (secondary N) is 1. The summed E-state index contributed by atoms with van der Waals surface area (Å²) in [5.74, 6) is 0.240. The molecule has 1 heterocycles. The molecular formula is C17H15Cl2N5O. The van der Waals surface area contributed by atoms with E-state index in [-0.39, 0.29) is 5.91 Å². The van der Waals surface area contributed by atoms with Gasteiger partial charge in [0.25, 0.3) is 0 Å². The predicted molar refractivity (Wildman–Crippen MR) is 96.3 cm³/mol. The number of halogens is 2. The minimum absolute atomic E-state index is 0.199. The molecule has 0 bridgehead atoms. The standard InChI is InChI=1S/C17H15Cl2N5O/c1-11(17(25)20-10-12-2-6-14(18)7-3-12)24-22-16(21-23-24)13-4-8-15(19)9-5-13/h2-9,11H,10H2,1H3,(H,20,25). The van der Waals surface area contributed by atoms with Crippen LogP contribution < -0.4 is 5.32 Å². The van der Waals surface area contributed by atoms with Crippen LogP contribution in [-0.2, 0) is 11.3 Å². The van der Waals surface area contributed by atoms with E-state index < -0.39 is 6.04 Å². The number of tetrazole rings is 1. The largest absolute Gasteiger partial charge is 0.350 e. The van der Waals surface area contributed by atoms with Crippen LogP contribution in [0.5, 0.6) is 0 Å². The lowest BCUT2D eigenvalue weighted by Crippen LogP contribution is -2.31. The smallest absolute Gasteiger partial charge is 0.246 e. The number of amides is 1. The maximum Gasteiger partial charge on any atom is 0.246 e. The molecule has 3 aromatic rings. The molecule has 2 aromatic carbocycles. The number of nitrogens with zero attached hydrogens (tertiary/aromatic N) is 4. The van der Waals surface area contributed by atoms with E-state index in [0.717, 1.165) is 11.1 Å². The molecule has 8 heteroatoms. The van der Waals surface area contributed by atoms with Crippen LogP contribution in [0.15, 0.2) is 48.5 Å². The van der Waals surface area contributed by atoms with E-state index in [1.165, 1.54) is 4.80 Å². The average Bonchev–Trinajstić information content (AvgIpc) is 3.11. The highest BCUT2D eigenvalue weighted by Gasteiger charge is 2.18. The Morgan fingerprint density at radius 3 is 2.32 bits per heavy atom. The highest BCUT2D eigenvalue weighted by atomic mass is 35.5. The average molecular weight is 376 g/mol. The molecule has 0 aliphatic rings. The third-order valence-electron chi connectivity index (χ3n) is 3.64. The van der Waals surface area contributed by atoms with Crippen molar-refractivity contribution in [2.24, 2.45) is 0 Å². The Labute approximate surface area is 154 Å². The van der Waals surface area contributed by atoms with Crippen LogP contribution in [0.1, 0.15) is 18.5 Å². The molecule has 1 atom stereocenters. The fraction of sp³-hybridized carbons (Fsp3) is 0.176. The Hall–Kier alpha value is -2.44. The lowest BCUT2D eigenvalue weighted by molar-refractivity contribution is -0.124. The van der Waals surface area contributed by atoms with Gasteiger partial charge < -0.3 is 5.32 Å². The molecule has 6 nitrogen and oxygen atoms in total. The molecule has 0 saturated heterocycles. The van der Waals surface area contributed by atoms with Crippen LogP contribution in [0.2, 0.25) is 10.0 Å². The van der Waals surface area contributed by atoms with Gasteiger partial charge in [-0.25, -0.2) is 0 Å². The maximum absolute atomic E-state index is 12.3. The van der Waals surface area contributed by atoms with Crippen molar-refractivity contribution in [1.29, 1.82) is 0 Å². The van der Waals surface area contributed by atoms with E-state index in [1.807, 2.05) is 12.1 Å². The van der Waals surface area contributed by atoms with Crippen molar-refractivity contribution in [3.8, 4) is 11.4 Å². The number of carbonyl (C=O) groups excluding carboxylic acids is 1. The van der Waals surface area contributed by atoms with Crippen molar-refractivity contribution in [1.82, 2.24) is 25.5 Å². The summed E-state index contributed by atoms with van der Waals surface area (Å²) in [6.45, 7) is 2.11. The Morgan fingerprint density at radius 1 is 1.08 bits per heavy atom. The molecule has 128 valence electrons. The van der Waals surface area contributed by atoms with Gasteiger partial charge in [0, 0.05) is 22.2 Å². The molecule has 1 aromatic heterocycles. The fourth-order valence-electron chi connectivity index (χ4n) is 2.15. The van der Waals surface area contributed by atoms with E-state index in [0.29, 0.717) is 22.4 Å². The Kier molecular flexibility index (Phi) is 5.31. The first kappa shape index (κ1) is 17.4. The van der Waals surface area contributed by atoms with Gasteiger partial charge in [-0.1, -0.05) is 35.3 Å². The van der Waals surface area contributed by atoms with Gasteiger partial charge in [-0.3, -0.25) is 4.79 Å². The SMILES string of the molecule is CC(C(=O)NCc1ccc(Cl)cc1)n1nnc(-c2ccc(Cl)cc2)n1. The van der Waals surface area contributed by atoms with Crippen LogP contribution in [0, 0.1) is 0 Å². The van der Waals surface area contributed by atoms with Crippen molar-refractivity contribution in [3.05, 3.63) is 64.1 Å². The van der Waals surface area contributed by atoms with Gasteiger partial charge in [0.05, 0.1) is 0 Å². The number of carbonyl (C=O) groups is 1. The number of aromatic nitrogens is 4. The van der Waals surface area contributed by atoms with Crippen LogP contribution >= 0.6 is 23.2 Å². The second-order valence-electron chi connectivity index (χ2n) is 5.46. The van der Waals surface area contributed by atoms with Crippen LogP contribution in [0.3, 0.4) is 0 Å². The minimum Gasteiger partial charge on any atom is -0.350 e. The first-order chi connectivity index (χ1) is 12.0. The van der Waals surface area contributed by atoms with Crippen LogP contribution in [0.25, 0.3) is 11.4 Å². The lowest BCUT2D eigenvalue weighted by atomic mass is 10.2. The van der Waals surface area contributed by atoms with Gasteiger partial charge in [-0.05, 0) is 54.1 Å². The molecule has 1 amide bonds. The Morgan fingerprint density at radius 2 is 1.68 bits per heavy atom. The Balaban J connectivity index is 1.64. The van der Waals surface area contributed by atoms with Crippen molar-refractivity contribution in [2.45, 2.75) is 19.5 Å². The number of benzene rings is 2. The summed E-state index contributed by atoms with van der Waals surface area (Å²) in [6, 6.07) is 13.8. The zero-order valence-corrected chi connectivity index (χ0v) is 14.9. The summed E-state index contributed by atoms with van der Waals surface area (Å²) in [6.07, 6.45) is 0. The minimum atomic E-state index is -0.583. The Bertz CT molecular complexity index is 862. The third-order valence-corrected chi connectivity index (χ3v) is 4.14. The topological polar surface area (TPSA) is 72.7 Å². The van der Waals surface area contributed by atoms with Gasteiger partial charge in [-0.2, -0.15) is 4.80 Å². The summed E-state index contributed by atoms with van der Waals surface area (Å²) in [5.41, 5.74) is 1.74. The molecule has 1 unspecified atom stereocenters. The van der Waals surface area contributed by atoms with Crippen molar-refractivity contribution in [2.75, 3.05) is 0 Å². The molecule has 0 fully saturated rings. The quantitative estimate of drug-likeness (QED) is 0.740. The maximum atomic E-state index is 12.3. The van der Waals surface area contributed by atoms with Crippen LogP contribution in [0.4, 0.5) is 0 Å². The molecule has 25 heavy (non-hydrogen) atoms. The van der Waals surface area contributed by atoms with Gasteiger partial charge in [-0.15, -0.1) is 10.2 Å². The fourth-order valence-corrected chi connectivity index (χ4v) is 2.40. The summed E-state index contributed by atoms with van der Waals surface area (Å²) in [5, 5.41) is 16.4. The van der Waals surface area contributed by atoms with E-state index in [9.17, 15) is 4.79 Å². The summed E-state index contributed by atoms with van der Waals surface area (Å²) >= 11 is 11.7. The highest BCUT2D eigenvalue weighted by Crippen LogP contribution is 2.17. The van der Waals surface area contributed by atoms with Crippen molar-refractivity contribution < 1.29 is 4.79 Å². The molecule has 0 saturated carbocycles. The molecule has 0 radical (unpaired) electrons. The molecule has 1 N–H and O–H groups in total. The molecule has 0 aliphatic carbocycles. The van der Waals surface area contributed by atoms with E-state index in [4.69, 9.17) is 23.2 Å².